The molecule has 1 aliphatic carbocycles. The summed E-state index contributed by atoms with van der Waals surface area (Å²) >= 11 is 0. The summed E-state index contributed by atoms with van der Waals surface area (Å²) in [6, 6.07) is 59.5. The Morgan fingerprint density at radius 3 is 1.49 bits per heavy atom. The second-order valence-electron chi connectivity index (χ2n) is 13.6. The summed E-state index contributed by atoms with van der Waals surface area (Å²) in [6.07, 6.45) is 0. The van der Waals surface area contributed by atoms with Crippen LogP contribution in [0.15, 0.2) is 180 Å². The summed E-state index contributed by atoms with van der Waals surface area (Å²) in [4.78, 5) is 15.2. The Kier molecular flexibility index (Phi) is 6.94. The number of rotatable bonds is 5. The lowest BCUT2D eigenvalue weighted by Crippen LogP contribution is -2.32. The van der Waals surface area contributed by atoms with E-state index in [2.05, 4.69) is 70.9 Å². The van der Waals surface area contributed by atoms with Crippen molar-refractivity contribution in [1.29, 1.82) is 0 Å². The van der Waals surface area contributed by atoms with Crippen LogP contribution in [0.3, 0.4) is 0 Å². The zero-order valence-corrected chi connectivity index (χ0v) is 29.3. The number of nitrogens with zero attached hydrogens (tertiary/aromatic N) is 5. The van der Waals surface area contributed by atoms with E-state index < -0.39 is 5.41 Å². The third-order valence-electron chi connectivity index (χ3n) is 10.6. The van der Waals surface area contributed by atoms with Crippen molar-refractivity contribution in [2.75, 3.05) is 0 Å². The summed E-state index contributed by atoms with van der Waals surface area (Å²) in [5.41, 5.74) is 10.0. The van der Waals surface area contributed by atoms with Crippen LogP contribution < -0.4 is 4.74 Å². The second kappa shape index (κ2) is 12.3. The van der Waals surface area contributed by atoms with Gasteiger partial charge >= 0.3 is 0 Å². The second-order valence-corrected chi connectivity index (χ2v) is 13.6. The van der Waals surface area contributed by atoms with Crippen molar-refractivity contribution in [3.8, 4) is 79.7 Å². The van der Waals surface area contributed by atoms with Gasteiger partial charge in [-0.25, -0.2) is 15.0 Å². The van der Waals surface area contributed by atoms with Gasteiger partial charge in [0, 0.05) is 38.9 Å². The molecule has 2 aromatic heterocycles. The fraction of sp³-hybridized carbons (Fsp3) is 0.0208. The van der Waals surface area contributed by atoms with Gasteiger partial charge in [0.15, 0.2) is 17.5 Å². The maximum absolute atomic E-state index is 6.63. The lowest BCUT2D eigenvalue weighted by atomic mass is 9.66. The molecule has 11 rings (SSSR count). The van der Waals surface area contributed by atoms with Crippen molar-refractivity contribution < 1.29 is 9.15 Å². The number of ether oxygens (including phenoxy) is 1. The van der Waals surface area contributed by atoms with E-state index >= 15 is 0 Å². The lowest BCUT2D eigenvalue weighted by molar-refractivity contribution is 0.436. The van der Waals surface area contributed by atoms with Gasteiger partial charge in [-0.2, -0.15) is 0 Å². The maximum atomic E-state index is 6.63. The van der Waals surface area contributed by atoms with Crippen LogP contribution in [0.4, 0.5) is 0 Å². The smallest absolute Gasteiger partial charge is 0.248 e. The van der Waals surface area contributed by atoms with Gasteiger partial charge in [-0.3, -0.25) is 0 Å². The van der Waals surface area contributed by atoms with Crippen molar-refractivity contribution in [2.24, 2.45) is 0 Å². The molecule has 0 bridgehead atoms. The zero-order valence-electron chi connectivity index (χ0n) is 29.3. The number of para-hydroxylation sites is 2. The van der Waals surface area contributed by atoms with Gasteiger partial charge < -0.3 is 9.15 Å². The number of aromatic nitrogens is 5. The van der Waals surface area contributed by atoms with Crippen LogP contribution in [0.25, 0.3) is 68.2 Å². The molecular formula is C48H29N5O2. The molecule has 3 heterocycles. The van der Waals surface area contributed by atoms with Crippen molar-refractivity contribution in [3.63, 3.8) is 0 Å². The van der Waals surface area contributed by atoms with E-state index in [0.29, 0.717) is 29.3 Å². The topological polar surface area (TPSA) is 86.8 Å². The van der Waals surface area contributed by atoms with Crippen LogP contribution in [0, 0.1) is 0 Å². The van der Waals surface area contributed by atoms with Gasteiger partial charge in [0.05, 0.1) is 5.41 Å². The Morgan fingerprint density at radius 1 is 0.364 bits per heavy atom. The normalized spacial score (nSPS) is 13.0. The molecule has 0 radical (unpaired) electrons. The molecule has 7 aromatic carbocycles. The minimum atomic E-state index is -0.748. The van der Waals surface area contributed by atoms with Gasteiger partial charge in [-0.05, 0) is 58.7 Å². The molecule has 0 saturated carbocycles. The molecule has 0 fully saturated rings. The predicted molar refractivity (Wildman–Crippen MR) is 212 cm³/mol. The van der Waals surface area contributed by atoms with Crippen molar-refractivity contribution in [3.05, 3.63) is 198 Å². The van der Waals surface area contributed by atoms with Crippen molar-refractivity contribution in [2.45, 2.75) is 5.41 Å². The minimum Gasteiger partial charge on any atom is -0.457 e. The highest BCUT2D eigenvalue weighted by Crippen LogP contribution is 2.63. The summed E-state index contributed by atoms with van der Waals surface area (Å²) in [5, 5.41) is 9.09. The van der Waals surface area contributed by atoms with E-state index in [1.54, 1.807) is 0 Å². The lowest BCUT2D eigenvalue weighted by Gasteiger charge is -2.39. The molecule has 0 N–H and O–H groups in total. The third-order valence-corrected chi connectivity index (χ3v) is 10.6. The Morgan fingerprint density at radius 2 is 0.873 bits per heavy atom. The van der Waals surface area contributed by atoms with E-state index in [0.717, 1.165) is 72.7 Å². The standard InChI is InChI=1S/C48H29N5O2/c1-4-15-30(16-5-1)43-49-44(31-17-6-2-7-18-31)51-45(50-43)33-27-28-34-39(29-33)48(36-22-10-12-25-40(36)54-41-26-13-11-23-37(41)48)38-24-14-21-35(42(34)38)47-53-52-46(55-47)32-19-8-3-9-20-32/h1-29H. The van der Waals surface area contributed by atoms with Crippen molar-refractivity contribution >= 4 is 0 Å². The highest BCUT2D eigenvalue weighted by molar-refractivity contribution is 5.96. The number of hydrogen-bond donors (Lipinski definition) is 0. The molecule has 0 atom stereocenters. The van der Waals surface area contributed by atoms with E-state index in [1.807, 2.05) is 115 Å². The average Bonchev–Trinajstić information content (AvgIpc) is 3.87. The quantitative estimate of drug-likeness (QED) is 0.176. The monoisotopic (exact) mass is 707 g/mol. The van der Waals surface area contributed by atoms with Crippen molar-refractivity contribution in [1.82, 2.24) is 25.1 Å². The van der Waals surface area contributed by atoms with Crippen LogP contribution in [0.1, 0.15) is 22.3 Å². The van der Waals surface area contributed by atoms with Crippen LogP contribution >= 0.6 is 0 Å². The van der Waals surface area contributed by atoms with E-state index in [9.17, 15) is 0 Å². The first kappa shape index (κ1) is 31.1. The Labute approximate surface area is 316 Å². The fourth-order valence-electron chi connectivity index (χ4n) is 8.23. The first-order valence-corrected chi connectivity index (χ1v) is 18.2. The largest absolute Gasteiger partial charge is 0.457 e. The van der Waals surface area contributed by atoms with Crippen LogP contribution in [-0.4, -0.2) is 25.1 Å². The molecule has 0 saturated heterocycles. The highest BCUT2D eigenvalue weighted by Gasteiger charge is 2.52. The third kappa shape index (κ3) is 4.80. The number of fused-ring (bicyclic) bond motifs is 9. The molecular weight excluding hydrogens is 679 g/mol. The van der Waals surface area contributed by atoms with Crippen LogP contribution in [0.5, 0.6) is 11.5 Å². The molecule has 9 aromatic rings. The molecule has 258 valence electrons. The first-order chi connectivity index (χ1) is 27.3. The molecule has 0 amide bonds. The van der Waals surface area contributed by atoms with E-state index in [-0.39, 0.29) is 0 Å². The molecule has 1 aliphatic heterocycles. The minimum absolute atomic E-state index is 0.453. The summed E-state index contributed by atoms with van der Waals surface area (Å²) in [7, 11) is 0. The molecule has 55 heavy (non-hydrogen) atoms. The predicted octanol–water partition coefficient (Wildman–Crippen LogP) is 11.1. The fourth-order valence-corrected chi connectivity index (χ4v) is 8.23. The number of hydrogen-bond acceptors (Lipinski definition) is 7. The average molecular weight is 708 g/mol. The van der Waals surface area contributed by atoms with Gasteiger partial charge in [0.25, 0.3) is 0 Å². The van der Waals surface area contributed by atoms with Gasteiger partial charge in [0.1, 0.15) is 11.5 Å². The summed E-state index contributed by atoms with van der Waals surface area (Å²) in [5.74, 6) is 4.33. The Balaban J connectivity index is 1.19. The number of benzene rings is 7. The van der Waals surface area contributed by atoms with E-state index in [1.165, 1.54) is 0 Å². The Bertz CT molecular complexity index is 2810. The molecule has 1 spiro atoms. The van der Waals surface area contributed by atoms with Crippen LogP contribution in [0.2, 0.25) is 0 Å². The van der Waals surface area contributed by atoms with Gasteiger partial charge in [-0.15, -0.1) is 10.2 Å². The Hall–Kier alpha value is -7.51. The molecule has 2 aliphatic rings. The molecule has 7 heteroatoms. The summed E-state index contributed by atoms with van der Waals surface area (Å²) in [6.45, 7) is 0. The van der Waals surface area contributed by atoms with Gasteiger partial charge in [-0.1, -0.05) is 140 Å². The maximum Gasteiger partial charge on any atom is 0.248 e. The molecule has 0 unspecified atom stereocenters. The zero-order chi connectivity index (χ0) is 36.3. The summed E-state index contributed by atoms with van der Waals surface area (Å²) < 4.78 is 13.1. The van der Waals surface area contributed by atoms with E-state index in [4.69, 9.17) is 24.1 Å². The molecule has 7 nitrogen and oxygen atoms in total. The highest BCUT2D eigenvalue weighted by atomic mass is 16.5. The van der Waals surface area contributed by atoms with Gasteiger partial charge in [0.2, 0.25) is 11.8 Å². The van der Waals surface area contributed by atoms with Crippen LogP contribution in [-0.2, 0) is 5.41 Å². The SMILES string of the molecule is c1ccc(-c2nc(-c3ccccc3)nc(-c3ccc4c(c3)C3(c5ccccc5Oc5ccccc53)c3cccc(-c5nnc(-c6ccccc6)o5)c3-4)n2)cc1. The first-order valence-electron chi connectivity index (χ1n) is 18.2.